The van der Waals surface area contributed by atoms with Gasteiger partial charge in [-0.25, -0.2) is 13.2 Å². The van der Waals surface area contributed by atoms with Crippen LogP contribution in [0.1, 0.15) is 33.3 Å². The molecule has 1 aromatic carbocycles. The molecule has 94 valence electrons. The Balaban J connectivity index is 3.07. The minimum atomic E-state index is -1.06. The lowest BCUT2D eigenvalue weighted by Crippen LogP contribution is -2.23. The van der Waals surface area contributed by atoms with Gasteiger partial charge >= 0.3 is 0 Å². The van der Waals surface area contributed by atoms with Crippen molar-refractivity contribution in [2.45, 2.75) is 33.3 Å². The van der Waals surface area contributed by atoms with Crippen LogP contribution in [-0.2, 0) is 0 Å². The largest absolute Gasteiger partial charge is 0.485 e. The third-order valence-corrected chi connectivity index (χ3v) is 1.90. The second kappa shape index (κ2) is 4.82. The predicted molar refractivity (Wildman–Crippen MR) is 61.6 cm³/mol. The van der Waals surface area contributed by atoms with Crippen LogP contribution < -0.4 is 4.74 Å². The van der Waals surface area contributed by atoms with Crippen LogP contribution >= 0.6 is 0 Å². The SMILES string of the molecule is CC(F)=C(F)c1ccc(OC(C)(C)C)c(F)c1. The second-order valence-corrected chi connectivity index (χ2v) is 4.71. The molecule has 0 aliphatic carbocycles. The molecule has 0 heterocycles. The molecule has 0 aliphatic rings. The van der Waals surface area contributed by atoms with Gasteiger partial charge in [0.15, 0.2) is 17.4 Å². The Bertz CT molecular complexity index is 440. The molecule has 0 spiro atoms. The van der Waals surface area contributed by atoms with E-state index in [4.69, 9.17) is 4.74 Å². The lowest BCUT2D eigenvalue weighted by molar-refractivity contribution is 0.124. The van der Waals surface area contributed by atoms with Crippen molar-refractivity contribution < 1.29 is 17.9 Å². The zero-order valence-corrected chi connectivity index (χ0v) is 10.3. The summed E-state index contributed by atoms with van der Waals surface area (Å²) in [5, 5.41) is 0. The summed E-state index contributed by atoms with van der Waals surface area (Å²) in [4.78, 5) is 0. The van der Waals surface area contributed by atoms with Crippen molar-refractivity contribution in [1.82, 2.24) is 0 Å². The van der Waals surface area contributed by atoms with Gasteiger partial charge in [-0.1, -0.05) is 0 Å². The van der Waals surface area contributed by atoms with Crippen molar-refractivity contribution >= 4 is 5.83 Å². The molecule has 0 unspecified atom stereocenters. The molecule has 4 heteroatoms. The first-order chi connectivity index (χ1) is 7.70. The number of benzene rings is 1. The van der Waals surface area contributed by atoms with Crippen LogP contribution in [0.15, 0.2) is 24.0 Å². The molecular weight excluding hydrogens is 229 g/mol. The molecule has 1 nitrogen and oxygen atoms in total. The summed E-state index contributed by atoms with van der Waals surface area (Å²) in [6.45, 7) is 6.29. The molecule has 0 aromatic heterocycles. The molecule has 1 aromatic rings. The number of allylic oxidation sites excluding steroid dienone is 1. The summed E-state index contributed by atoms with van der Waals surface area (Å²) >= 11 is 0. The molecule has 0 amide bonds. The van der Waals surface area contributed by atoms with Crippen LogP contribution in [0.2, 0.25) is 0 Å². The first kappa shape index (κ1) is 13.6. The normalized spacial score (nSPS) is 13.4. The Morgan fingerprint density at radius 1 is 1.18 bits per heavy atom. The summed E-state index contributed by atoms with van der Waals surface area (Å²) < 4.78 is 44.7. The molecule has 0 aliphatic heterocycles. The van der Waals surface area contributed by atoms with Gasteiger partial charge in [0.2, 0.25) is 0 Å². The van der Waals surface area contributed by atoms with Crippen molar-refractivity contribution in [3.8, 4) is 5.75 Å². The molecule has 0 saturated carbocycles. The van der Waals surface area contributed by atoms with E-state index in [0.717, 1.165) is 13.0 Å². The lowest BCUT2D eigenvalue weighted by atomic mass is 10.1. The Labute approximate surface area is 98.9 Å². The number of halogens is 3. The Hall–Kier alpha value is -1.45. The number of hydrogen-bond acceptors (Lipinski definition) is 1. The van der Waals surface area contributed by atoms with Crippen LogP contribution in [0.3, 0.4) is 0 Å². The van der Waals surface area contributed by atoms with E-state index >= 15 is 0 Å². The van der Waals surface area contributed by atoms with Crippen LogP contribution in [0.5, 0.6) is 5.75 Å². The Morgan fingerprint density at radius 3 is 2.18 bits per heavy atom. The fourth-order valence-electron chi connectivity index (χ4n) is 1.25. The van der Waals surface area contributed by atoms with Gasteiger partial charge in [0.05, 0.1) is 0 Å². The molecular formula is C13H15F3O. The van der Waals surface area contributed by atoms with E-state index in [1.165, 1.54) is 12.1 Å². The van der Waals surface area contributed by atoms with Gasteiger partial charge in [-0.2, -0.15) is 0 Å². The van der Waals surface area contributed by atoms with E-state index in [1.54, 1.807) is 20.8 Å². The van der Waals surface area contributed by atoms with Gasteiger partial charge in [-0.05, 0) is 45.9 Å². The number of hydrogen-bond donors (Lipinski definition) is 0. The van der Waals surface area contributed by atoms with Gasteiger partial charge in [0.1, 0.15) is 11.4 Å². The van der Waals surface area contributed by atoms with Gasteiger partial charge in [-0.3, -0.25) is 0 Å². The third-order valence-electron chi connectivity index (χ3n) is 1.90. The molecule has 0 N–H and O–H groups in total. The Kier molecular flexibility index (Phi) is 3.86. The van der Waals surface area contributed by atoms with Gasteiger partial charge < -0.3 is 4.74 Å². The highest BCUT2D eigenvalue weighted by Crippen LogP contribution is 2.27. The average molecular weight is 244 g/mol. The monoisotopic (exact) mass is 244 g/mol. The topological polar surface area (TPSA) is 9.23 Å². The molecule has 1 rings (SSSR count). The second-order valence-electron chi connectivity index (χ2n) is 4.71. The fourth-order valence-corrected chi connectivity index (χ4v) is 1.25. The quantitative estimate of drug-likeness (QED) is 0.737. The highest BCUT2D eigenvalue weighted by Gasteiger charge is 2.16. The summed E-state index contributed by atoms with van der Waals surface area (Å²) in [5.74, 6) is -2.74. The number of ether oxygens (including phenoxy) is 1. The highest BCUT2D eigenvalue weighted by atomic mass is 19.2. The molecule has 0 saturated heterocycles. The first-order valence-corrected chi connectivity index (χ1v) is 5.21. The number of rotatable bonds is 2. The first-order valence-electron chi connectivity index (χ1n) is 5.21. The standard InChI is InChI=1S/C13H15F3O/c1-8(14)12(16)9-5-6-11(10(15)7-9)17-13(2,3)4/h5-7H,1-4H3. The van der Waals surface area contributed by atoms with E-state index in [2.05, 4.69) is 0 Å². The summed E-state index contributed by atoms with van der Waals surface area (Å²) in [6, 6.07) is 3.49. The van der Waals surface area contributed by atoms with Crippen molar-refractivity contribution in [2.24, 2.45) is 0 Å². The maximum atomic E-state index is 13.6. The molecule has 0 bridgehead atoms. The smallest absolute Gasteiger partial charge is 0.165 e. The van der Waals surface area contributed by atoms with Gasteiger partial charge in [0, 0.05) is 5.56 Å². The minimum Gasteiger partial charge on any atom is -0.485 e. The minimum absolute atomic E-state index is 0.0190. The van der Waals surface area contributed by atoms with Crippen LogP contribution in [0.25, 0.3) is 5.83 Å². The van der Waals surface area contributed by atoms with Crippen molar-refractivity contribution in [1.29, 1.82) is 0 Å². The van der Waals surface area contributed by atoms with E-state index in [9.17, 15) is 13.2 Å². The lowest BCUT2D eigenvalue weighted by Gasteiger charge is -2.21. The zero-order valence-electron chi connectivity index (χ0n) is 10.3. The molecule has 0 fully saturated rings. The summed E-state index contributed by atoms with van der Waals surface area (Å²) in [6.07, 6.45) is 0. The maximum absolute atomic E-state index is 13.6. The van der Waals surface area contributed by atoms with E-state index in [0.29, 0.717) is 0 Å². The zero-order chi connectivity index (χ0) is 13.2. The predicted octanol–water partition coefficient (Wildman–Crippen LogP) is 4.63. The van der Waals surface area contributed by atoms with Crippen molar-refractivity contribution in [3.05, 3.63) is 35.4 Å². The highest BCUT2D eigenvalue weighted by molar-refractivity contribution is 5.61. The molecule has 17 heavy (non-hydrogen) atoms. The van der Waals surface area contributed by atoms with Crippen LogP contribution in [0, 0.1) is 5.82 Å². The van der Waals surface area contributed by atoms with Crippen molar-refractivity contribution in [3.63, 3.8) is 0 Å². The Morgan fingerprint density at radius 2 is 1.76 bits per heavy atom. The third kappa shape index (κ3) is 3.80. The van der Waals surface area contributed by atoms with Crippen LogP contribution in [-0.4, -0.2) is 5.60 Å². The molecule has 0 atom stereocenters. The maximum Gasteiger partial charge on any atom is 0.165 e. The fraction of sp³-hybridized carbons (Fsp3) is 0.385. The average Bonchev–Trinajstić information content (AvgIpc) is 2.18. The van der Waals surface area contributed by atoms with E-state index in [1.807, 2.05) is 0 Å². The summed E-state index contributed by atoms with van der Waals surface area (Å²) in [7, 11) is 0. The van der Waals surface area contributed by atoms with Gasteiger partial charge in [0.25, 0.3) is 0 Å². The summed E-state index contributed by atoms with van der Waals surface area (Å²) in [5.41, 5.74) is -0.684. The van der Waals surface area contributed by atoms with Crippen LogP contribution in [0.4, 0.5) is 13.2 Å². The van der Waals surface area contributed by atoms with Crippen molar-refractivity contribution in [2.75, 3.05) is 0 Å². The molecule has 0 radical (unpaired) electrons. The van der Waals surface area contributed by atoms with E-state index < -0.39 is 23.1 Å². The van der Waals surface area contributed by atoms with Gasteiger partial charge in [-0.15, -0.1) is 0 Å². The van der Waals surface area contributed by atoms with E-state index in [-0.39, 0.29) is 11.3 Å².